The van der Waals surface area contributed by atoms with Gasteiger partial charge >= 0.3 is 0 Å². The van der Waals surface area contributed by atoms with E-state index in [1.54, 1.807) is 42.1 Å². The van der Waals surface area contributed by atoms with Crippen LogP contribution in [0.3, 0.4) is 0 Å². The molecule has 5 nitrogen and oxygen atoms in total. The lowest BCUT2D eigenvalue weighted by Gasteiger charge is -2.26. The number of hydrogen-bond acceptors (Lipinski definition) is 4. The Morgan fingerprint density at radius 3 is 2.73 bits per heavy atom. The molecular formula is C19H19FN2O3S. The normalized spacial score (nSPS) is 15.8. The molecule has 1 atom stereocenters. The molecule has 0 aliphatic carbocycles. The van der Waals surface area contributed by atoms with Crippen LogP contribution in [0.15, 0.2) is 47.4 Å². The van der Waals surface area contributed by atoms with Crippen LogP contribution < -0.4 is 15.8 Å². The number of amides is 2. The molecule has 0 saturated heterocycles. The molecule has 1 heterocycles. The molecule has 3 rings (SSSR count). The topological polar surface area (TPSA) is 81.4 Å². The second kappa shape index (κ2) is 8.23. The van der Waals surface area contributed by atoms with Crippen LogP contribution in [0.2, 0.25) is 0 Å². The molecule has 3 N–H and O–H groups in total. The number of ether oxygens (including phenoxy) is 1. The van der Waals surface area contributed by atoms with E-state index in [2.05, 4.69) is 5.32 Å². The third-order valence-corrected chi connectivity index (χ3v) is 5.14. The highest BCUT2D eigenvalue weighted by Crippen LogP contribution is 2.36. The lowest BCUT2D eigenvalue weighted by molar-refractivity contribution is -0.124. The van der Waals surface area contributed by atoms with Crippen LogP contribution in [0.1, 0.15) is 23.6 Å². The molecule has 0 spiro atoms. The van der Waals surface area contributed by atoms with E-state index in [-0.39, 0.29) is 30.8 Å². The Balaban J connectivity index is 1.55. The van der Waals surface area contributed by atoms with E-state index in [0.29, 0.717) is 5.75 Å². The lowest BCUT2D eigenvalue weighted by Crippen LogP contribution is -2.34. The van der Waals surface area contributed by atoms with E-state index < -0.39 is 5.91 Å². The largest absolute Gasteiger partial charge is 0.484 e. The van der Waals surface area contributed by atoms with Gasteiger partial charge in [-0.25, -0.2) is 4.39 Å². The molecular weight excluding hydrogens is 355 g/mol. The number of nitrogens with one attached hydrogen (secondary N) is 1. The summed E-state index contributed by atoms with van der Waals surface area (Å²) in [6.45, 7) is -0.135. The predicted molar refractivity (Wildman–Crippen MR) is 97.5 cm³/mol. The van der Waals surface area contributed by atoms with E-state index in [4.69, 9.17) is 10.5 Å². The van der Waals surface area contributed by atoms with Crippen LogP contribution in [0.4, 0.5) is 4.39 Å². The Hall–Kier alpha value is -2.54. The third kappa shape index (κ3) is 4.76. The van der Waals surface area contributed by atoms with Crippen LogP contribution in [0.5, 0.6) is 5.75 Å². The van der Waals surface area contributed by atoms with Crippen molar-refractivity contribution in [3.8, 4) is 5.75 Å². The Labute approximate surface area is 155 Å². The van der Waals surface area contributed by atoms with Crippen molar-refractivity contribution in [1.82, 2.24) is 5.32 Å². The van der Waals surface area contributed by atoms with Gasteiger partial charge in [0.25, 0.3) is 5.91 Å². The van der Waals surface area contributed by atoms with Crippen LogP contribution in [0.25, 0.3) is 0 Å². The minimum Gasteiger partial charge on any atom is -0.484 e. The van der Waals surface area contributed by atoms with Gasteiger partial charge in [-0.15, -0.1) is 11.8 Å². The Morgan fingerprint density at radius 2 is 2.00 bits per heavy atom. The molecule has 0 bridgehead atoms. The number of rotatable bonds is 6. The molecule has 136 valence electrons. The average Bonchev–Trinajstić information content (AvgIpc) is 2.61. The fourth-order valence-corrected chi connectivity index (χ4v) is 3.91. The van der Waals surface area contributed by atoms with Gasteiger partial charge in [0.15, 0.2) is 6.61 Å². The van der Waals surface area contributed by atoms with Gasteiger partial charge in [-0.3, -0.25) is 9.59 Å². The van der Waals surface area contributed by atoms with Crippen LogP contribution in [-0.2, 0) is 16.0 Å². The number of thioether (sulfide) groups is 1. The lowest BCUT2D eigenvalue weighted by atomic mass is 10.0. The molecule has 2 aromatic rings. The summed E-state index contributed by atoms with van der Waals surface area (Å²) < 4.78 is 19.0. The summed E-state index contributed by atoms with van der Waals surface area (Å²) >= 11 is 1.66. The van der Waals surface area contributed by atoms with Gasteiger partial charge < -0.3 is 15.8 Å². The Bertz CT molecular complexity index is 811. The van der Waals surface area contributed by atoms with Crippen LogP contribution in [0, 0.1) is 5.82 Å². The maximum atomic E-state index is 13.5. The zero-order valence-corrected chi connectivity index (χ0v) is 14.9. The molecule has 0 radical (unpaired) electrons. The number of carbonyl (C=O) groups is 2. The first-order valence-corrected chi connectivity index (χ1v) is 9.21. The second-order valence-corrected chi connectivity index (χ2v) is 7.15. The van der Waals surface area contributed by atoms with Crippen molar-refractivity contribution in [1.29, 1.82) is 0 Å². The van der Waals surface area contributed by atoms with Crippen LogP contribution in [-0.4, -0.2) is 24.2 Å². The van der Waals surface area contributed by atoms with Crippen molar-refractivity contribution < 1.29 is 18.7 Å². The van der Waals surface area contributed by atoms with Gasteiger partial charge in [-0.2, -0.15) is 0 Å². The maximum Gasteiger partial charge on any atom is 0.258 e. The summed E-state index contributed by atoms with van der Waals surface area (Å²) in [5, 5.41) is 2.90. The first-order valence-electron chi connectivity index (χ1n) is 8.23. The summed E-state index contributed by atoms with van der Waals surface area (Å²) in [6, 6.07) is 11.3. The number of fused-ring (bicyclic) bond motifs is 1. The highest BCUT2D eigenvalue weighted by atomic mass is 32.2. The molecule has 1 aliphatic rings. The minimum absolute atomic E-state index is 0.135. The number of benzene rings is 2. The van der Waals surface area contributed by atoms with E-state index in [9.17, 15) is 14.0 Å². The predicted octanol–water partition coefficient (Wildman–Crippen LogP) is 2.59. The summed E-state index contributed by atoms with van der Waals surface area (Å²) in [5.41, 5.74) is 6.74. The number of hydrogen-bond donors (Lipinski definition) is 2. The van der Waals surface area contributed by atoms with E-state index in [0.717, 1.165) is 28.2 Å². The molecule has 1 unspecified atom stereocenters. The van der Waals surface area contributed by atoms with E-state index in [1.165, 1.54) is 12.1 Å². The average molecular weight is 374 g/mol. The van der Waals surface area contributed by atoms with Gasteiger partial charge in [-0.1, -0.05) is 12.1 Å². The number of nitrogens with two attached hydrogens (primary N) is 1. The molecule has 2 aromatic carbocycles. The van der Waals surface area contributed by atoms with Gasteiger partial charge in [0.1, 0.15) is 11.6 Å². The Kier molecular flexibility index (Phi) is 5.78. The number of primary amides is 1. The zero-order valence-electron chi connectivity index (χ0n) is 14.0. The molecule has 7 heteroatoms. The third-order valence-electron chi connectivity index (χ3n) is 4.02. The summed E-state index contributed by atoms with van der Waals surface area (Å²) in [6.07, 6.45) is 0.908. The van der Waals surface area contributed by atoms with Crippen molar-refractivity contribution in [2.24, 2.45) is 5.73 Å². The molecule has 1 aliphatic heterocycles. The molecule has 2 amide bonds. The summed E-state index contributed by atoms with van der Waals surface area (Å²) in [4.78, 5) is 24.1. The smallest absolute Gasteiger partial charge is 0.258 e. The van der Waals surface area contributed by atoms with Gasteiger partial charge in [-0.05, 0) is 47.9 Å². The van der Waals surface area contributed by atoms with Gasteiger partial charge in [0, 0.05) is 10.6 Å². The molecule has 0 fully saturated rings. The van der Waals surface area contributed by atoms with Crippen molar-refractivity contribution in [2.75, 3.05) is 12.4 Å². The standard InChI is InChI=1S/C19H19FN2O3S/c20-13-3-6-17-15(10-13)16(7-8-26-17)22-19(24)11-25-14-4-1-12(2-5-14)9-18(21)23/h1-6,10,16H,7-9,11H2,(H2,21,23)(H,22,24). The highest BCUT2D eigenvalue weighted by molar-refractivity contribution is 7.99. The quantitative estimate of drug-likeness (QED) is 0.814. The van der Waals surface area contributed by atoms with E-state index in [1.807, 2.05) is 0 Å². The van der Waals surface area contributed by atoms with E-state index >= 15 is 0 Å². The fourth-order valence-electron chi connectivity index (χ4n) is 2.80. The zero-order chi connectivity index (χ0) is 18.5. The van der Waals surface area contributed by atoms with Crippen molar-refractivity contribution in [2.45, 2.75) is 23.8 Å². The monoisotopic (exact) mass is 374 g/mol. The summed E-state index contributed by atoms with van der Waals surface area (Å²) in [5.74, 6) is 0.418. The fraction of sp³-hybridized carbons (Fsp3) is 0.263. The molecule has 0 saturated carbocycles. The van der Waals surface area contributed by atoms with Crippen molar-refractivity contribution in [3.63, 3.8) is 0 Å². The Morgan fingerprint density at radius 1 is 1.23 bits per heavy atom. The number of carbonyl (C=O) groups excluding carboxylic acids is 2. The first kappa shape index (κ1) is 18.3. The molecule has 0 aromatic heterocycles. The first-order chi connectivity index (χ1) is 12.5. The minimum atomic E-state index is -0.402. The van der Waals surface area contributed by atoms with Crippen molar-refractivity contribution >= 4 is 23.6 Å². The highest BCUT2D eigenvalue weighted by Gasteiger charge is 2.23. The van der Waals surface area contributed by atoms with Crippen molar-refractivity contribution in [3.05, 3.63) is 59.4 Å². The van der Waals surface area contributed by atoms with Crippen LogP contribution >= 0.6 is 11.8 Å². The SMILES string of the molecule is NC(=O)Cc1ccc(OCC(=O)NC2CCSc3ccc(F)cc32)cc1. The van der Waals surface area contributed by atoms with Gasteiger partial charge in [0.2, 0.25) is 5.91 Å². The second-order valence-electron chi connectivity index (χ2n) is 6.02. The molecule has 26 heavy (non-hydrogen) atoms. The summed E-state index contributed by atoms with van der Waals surface area (Å²) in [7, 11) is 0. The number of halogens is 1. The van der Waals surface area contributed by atoms with Gasteiger partial charge in [0.05, 0.1) is 12.5 Å². The maximum absolute atomic E-state index is 13.5.